The van der Waals surface area contributed by atoms with Crippen LogP contribution >= 0.6 is 11.6 Å². The van der Waals surface area contributed by atoms with E-state index in [-0.39, 0.29) is 4.90 Å². The van der Waals surface area contributed by atoms with Crippen LogP contribution in [0.3, 0.4) is 0 Å². The van der Waals surface area contributed by atoms with Crippen LogP contribution in [0.5, 0.6) is 0 Å². The maximum Gasteiger partial charge on any atom is 0.200 e. The summed E-state index contributed by atoms with van der Waals surface area (Å²) in [6.45, 7) is 1.93. The van der Waals surface area contributed by atoms with E-state index in [2.05, 4.69) is 0 Å². The first kappa shape index (κ1) is 17.5. The fourth-order valence-electron chi connectivity index (χ4n) is 2.50. The van der Waals surface area contributed by atoms with E-state index in [1.807, 2.05) is 49.4 Å². The van der Waals surface area contributed by atoms with Gasteiger partial charge in [0.1, 0.15) is 0 Å². The Labute approximate surface area is 153 Å². The molecule has 25 heavy (non-hydrogen) atoms. The predicted molar refractivity (Wildman–Crippen MR) is 103 cm³/mol. The van der Waals surface area contributed by atoms with E-state index < -0.39 is 9.84 Å². The second-order valence-electron chi connectivity index (χ2n) is 5.76. The van der Waals surface area contributed by atoms with Crippen LogP contribution in [0.25, 0.3) is 5.57 Å². The Kier molecular flexibility index (Phi) is 5.07. The van der Waals surface area contributed by atoms with Gasteiger partial charge in [-0.2, -0.15) is 0 Å². The van der Waals surface area contributed by atoms with Crippen molar-refractivity contribution in [1.29, 1.82) is 0 Å². The SMILES string of the molecule is Cc1ccc(S(=O)(=O)/C=C(/c2ccccc2)c2ccc(Cl)cc2)cc1. The molecule has 0 fully saturated rings. The molecule has 0 aliphatic heterocycles. The van der Waals surface area contributed by atoms with E-state index in [4.69, 9.17) is 11.6 Å². The van der Waals surface area contributed by atoms with Gasteiger partial charge in [0.25, 0.3) is 0 Å². The molecule has 2 nitrogen and oxygen atoms in total. The first-order chi connectivity index (χ1) is 12.0. The molecule has 0 radical (unpaired) electrons. The third kappa shape index (κ3) is 4.19. The van der Waals surface area contributed by atoms with Gasteiger partial charge in [-0.25, -0.2) is 8.42 Å². The number of aryl methyl sites for hydroxylation is 1. The van der Waals surface area contributed by atoms with Gasteiger partial charge < -0.3 is 0 Å². The highest BCUT2D eigenvalue weighted by atomic mass is 35.5. The topological polar surface area (TPSA) is 34.1 Å². The van der Waals surface area contributed by atoms with Crippen molar-refractivity contribution < 1.29 is 8.42 Å². The van der Waals surface area contributed by atoms with Crippen LogP contribution in [-0.2, 0) is 9.84 Å². The summed E-state index contributed by atoms with van der Waals surface area (Å²) in [5.41, 5.74) is 3.29. The van der Waals surface area contributed by atoms with Crippen molar-refractivity contribution in [3.8, 4) is 0 Å². The molecule has 0 aromatic heterocycles. The molecule has 0 spiro atoms. The fraction of sp³-hybridized carbons (Fsp3) is 0.0476. The molecular formula is C21H17ClO2S. The van der Waals surface area contributed by atoms with Crippen molar-refractivity contribution in [2.45, 2.75) is 11.8 Å². The van der Waals surface area contributed by atoms with Crippen LogP contribution in [0.1, 0.15) is 16.7 Å². The highest BCUT2D eigenvalue weighted by Gasteiger charge is 2.15. The molecule has 0 atom stereocenters. The van der Waals surface area contributed by atoms with Crippen molar-refractivity contribution in [2.24, 2.45) is 0 Å². The molecule has 126 valence electrons. The Morgan fingerprint density at radius 2 is 1.36 bits per heavy atom. The van der Waals surface area contributed by atoms with Crippen LogP contribution < -0.4 is 0 Å². The highest BCUT2D eigenvalue weighted by Crippen LogP contribution is 2.27. The molecule has 0 aliphatic rings. The molecule has 0 N–H and O–H groups in total. The van der Waals surface area contributed by atoms with Gasteiger partial charge in [0, 0.05) is 16.0 Å². The van der Waals surface area contributed by atoms with Gasteiger partial charge >= 0.3 is 0 Å². The Morgan fingerprint density at radius 1 is 0.800 bits per heavy atom. The zero-order valence-electron chi connectivity index (χ0n) is 13.7. The molecule has 0 bridgehead atoms. The first-order valence-electron chi connectivity index (χ1n) is 7.80. The highest BCUT2D eigenvalue weighted by molar-refractivity contribution is 7.94. The van der Waals surface area contributed by atoms with E-state index in [1.165, 1.54) is 5.41 Å². The zero-order valence-corrected chi connectivity index (χ0v) is 15.3. The molecule has 0 saturated carbocycles. The van der Waals surface area contributed by atoms with E-state index in [0.717, 1.165) is 16.7 Å². The summed E-state index contributed by atoms with van der Waals surface area (Å²) in [7, 11) is -3.58. The lowest BCUT2D eigenvalue weighted by atomic mass is 10.00. The number of rotatable bonds is 4. The summed E-state index contributed by atoms with van der Waals surface area (Å²) in [6, 6.07) is 23.5. The minimum atomic E-state index is -3.58. The average molecular weight is 369 g/mol. The summed E-state index contributed by atoms with van der Waals surface area (Å²) < 4.78 is 25.7. The fourth-order valence-corrected chi connectivity index (χ4v) is 3.86. The van der Waals surface area contributed by atoms with Gasteiger partial charge in [-0.3, -0.25) is 0 Å². The van der Waals surface area contributed by atoms with Crippen LogP contribution in [0.2, 0.25) is 5.02 Å². The third-order valence-corrected chi connectivity index (χ3v) is 5.59. The molecule has 3 aromatic carbocycles. The summed E-state index contributed by atoms with van der Waals surface area (Å²) in [4.78, 5) is 0.278. The van der Waals surface area contributed by atoms with Crippen molar-refractivity contribution >= 4 is 27.0 Å². The molecule has 0 saturated heterocycles. The quantitative estimate of drug-likeness (QED) is 0.608. The Bertz CT molecular complexity index is 988. The van der Waals surface area contributed by atoms with Crippen molar-refractivity contribution in [3.05, 3.63) is 106 Å². The van der Waals surface area contributed by atoms with Gasteiger partial charge in [0.15, 0.2) is 9.84 Å². The second-order valence-corrected chi connectivity index (χ2v) is 8.00. The van der Waals surface area contributed by atoms with Crippen molar-refractivity contribution in [1.82, 2.24) is 0 Å². The monoisotopic (exact) mass is 368 g/mol. The summed E-state index contributed by atoms with van der Waals surface area (Å²) in [5.74, 6) is 0. The molecule has 0 amide bonds. The van der Waals surface area contributed by atoms with E-state index >= 15 is 0 Å². The maximum atomic E-state index is 12.9. The molecule has 3 aromatic rings. The van der Waals surface area contributed by atoms with Gasteiger partial charge in [-0.1, -0.05) is 71.8 Å². The minimum Gasteiger partial charge on any atom is -0.219 e. The molecule has 0 heterocycles. The average Bonchev–Trinajstić information content (AvgIpc) is 2.62. The predicted octanol–water partition coefficient (Wildman–Crippen LogP) is 5.51. The smallest absolute Gasteiger partial charge is 0.200 e. The summed E-state index contributed by atoms with van der Waals surface area (Å²) in [5, 5.41) is 1.94. The summed E-state index contributed by atoms with van der Waals surface area (Å²) in [6.07, 6.45) is 0. The Balaban J connectivity index is 2.15. The molecule has 3 rings (SSSR count). The standard InChI is InChI=1S/C21H17ClO2S/c1-16-7-13-20(14-8-16)25(23,24)15-21(17-5-3-2-4-6-17)18-9-11-19(22)12-10-18/h2-15H,1H3/b21-15-. The number of hydrogen-bond acceptors (Lipinski definition) is 2. The zero-order chi connectivity index (χ0) is 17.9. The van der Waals surface area contributed by atoms with Crippen LogP contribution in [-0.4, -0.2) is 8.42 Å². The van der Waals surface area contributed by atoms with Crippen molar-refractivity contribution in [2.75, 3.05) is 0 Å². The lowest BCUT2D eigenvalue weighted by Crippen LogP contribution is -1.99. The number of benzene rings is 3. The Morgan fingerprint density at radius 3 is 1.96 bits per heavy atom. The van der Waals surface area contributed by atoms with Crippen LogP contribution in [0.4, 0.5) is 0 Å². The van der Waals surface area contributed by atoms with E-state index in [0.29, 0.717) is 10.6 Å². The molecule has 0 unspecified atom stereocenters. The van der Waals surface area contributed by atoms with Gasteiger partial charge in [0.05, 0.1) is 4.90 Å². The Hall–Kier alpha value is -2.36. The first-order valence-corrected chi connectivity index (χ1v) is 9.73. The number of hydrogen-bond donors (Lipinski definition) is 0. The summed E-state index contributed by atoms with van der Waals surface area (Å²) >= 11 is 5.97. The molecule has 4 heteroatoms. The number of halogens is 1. The second kappa shape index (κ2) is 7.26. The molecule has 0 aliphatic carbocycles. The third-order valence-electron chi connectivity index (χ3n) is 3.86. The van der Waals surface area contributed by atoms with Crippen LogP contribution in [0.15, 0.2) is 89.2 Å². The van der Waals surface area contributed by atoms with E-state index in [1.54, 1.807) is 36.4 Å². The van der Waals surface area contributed by atoms with Gasteiger partial charge in [-0.05, 0) is 42.3 Å². The van der Waals surface area contributed by atoms with Gasteiger partial charge in [0.2, 0.25) is 0 Å². The lowest BCUT2D eigenvalue weighted by molar-refractivity contribution is 0.604. The number of sulfone groups is 1. The van der Waals surface area contributed by atoms with Gasteiger partial charge in [-0.15, -0.1) is 0 Å². The molecular weight excluding hydrogens is 352 g/mol. The largest absolute Gasteiger partial charge is 0.219 e. The van der Waals surface area contributed by atoms with E-state index in [9.17, 15) is 8.42 Å². The normalized spacial score (nSPS) is 12.2. The maximum absolute atomic E-state index is 12.9. The minimum absolute atomic E-state index is 0.278. The van der Waals surface area contributed by atoms with Crippen molar-refractivity contribution in [3.63, 3.8) is 0 Å². The van der Waals surface area contributed by atoms with Crippen LogP contribution in [0, 0.1) is 6.92 Å². The lowest BCUT2D eigenvalue weighted by Gasteiger charge is -2.10.